The summed E-state index contributed by atoms with van der Waals surface area (Å²) in [5.41, 5.74) is 4.19. The molecule has 2 bridgehead atoms. The second-order valence-electron chi connectivity index (χ2n) is 11.3. The molecule has 0 spiro atoms. The van der Waals surface area contributed by atoms with Crippen LogP contribution >= 0.6 is 0 Å². The van der Waals surface area contributed by atoms with Gasteiger partial charge in [0, 0.05) is 55.3 Å². The number of amides is 1. The lowest BCUT2D eigenvalue weighted by molar-refractivity contribution is -0.123. The highest BCUT2D eigenvalue weighted by Gasteiger charge is 2.31. The minimum absolute atomic E-state index is 0.00965. The van der Waals surface area contributed by atoms with Gasteiger partial charge in [0.1, 0.15) is 17.7 Å². The Kier molecular flexibility index (Phi) is 7.95. The van der Waals surface area contributed by atoms with Gasteiger partial charge >= 0.3 is 0 Å². The van der Waals surface area contributed by atoms with Crippen LogP contribution in [0.3, 0.4) is 0 Å². The van der Waals surface area contributed by atoms with Gasteiger partial charge in [-0.1, -0.05) is 68.2 Å². The van der Waals surface area contributed by atoms with Crippen LogP contribution in [0.4, 0.5) is 5.82 Å². The van der Waals surface area contributed by atoms with Crippen molar-refractivity contribution in [3.63, 3.8) is 0 Å². The average Bonchev–Trinajstić information content (AvgIpc) is 3.01. The molecule has 1 saturated heterocycles. The molecule has 0 radical (unpaired) electrons. The smallest absolute Gasteiger partial charge is 0.242 e. The van der Waals surface area contributed by atoms with Crippen molar-refractivity contribution in [1.29, 1.82) is 0 Å². The van der Waals surface area contributed by atoms with Crippen molar-refractivity contribution in [2.75, 3.05) is 31.5 Å². The summed E-state index contributed by atoms with van der Waals surface area (Å²) in [6.45, 7) is 8.90. The van der Waals surface area contributed by atoms with E-state index in [1.54, 1.807) is 0 Å². The predicted molar refractivity (Wildman–Crippen MR) is 163 cm³/mol. The molecule has 3 heterocycles. The van der Waals surface area contributed by atoms with E-state index in [0.29, 0.717) is 13.1 Å². The lowest BCUT2D eigenvalue weighted by Crippen LogP contribution is -2.57. The van der Waals surface area contributed by atoms with Gasteiger partial charge in [0.05, 0.1) is 12.1 Å². The number of anilines is 1. The zero-order chi connectivity index (χ0) is 28.2. The van der Waals surface area contributed by atoms with Gasteiger partial charge in [-0.3, -0.25) is 14.6 Å². The highest BCUT2D eigenvalue weighted by molar-refractivity contribution is 5.92. The van der Waals surface area contributed by atoms with E-state index in [1.165, 1.54) is 5.56 Å². The number of carbonyl (C=O) groups excluding carboxylic acids is 1. The maximum atomic E-state index is 13.4. The topological polar surface area (TPSA) is 73.4 Å². The highest BCUT2D eigenvalue weighted by Crippen LogP contribution is 2.24. The molecule has 3 aromatic carbocycles. The van der Waals surface area contributed by atoms with Crippen LogP contribution in [0.25, 0.3) is 10.9 Å². The normalized spacial score (nSPS) is 19.8. The third-order valence-electron chi connectivity index (χ3n) is 7.92. The van der Waals surface area contributed by atoms with Gasteiger partial charge < -0.3 is 10.6 Å². The Labute approximate surface area is 242 Å². The number of aromatic nitrogens is 2. The van der Waals surface area contributed by atoms with Crippen molar-refractivity contribution in [3.8, 4) is 11.8 Å². The number of carbonyl (C=O) groups is 1. The van der Waals surface area contributed by atoms with Gasteiger partial charge in [-0.25, -0.2) is 9.97 Å². The number of nitrogens with one attached hydrogen (secondary N) is 2. The minimum atomic E-state index is -0.379. The Hall–Kier alpha value is -4.25. The number of benzene rings is 3. The number of hydrogen-bond donors (Lipinski definition) is 2. The summed E-state index contributed by atoms with van der Waals surface area (Å²) >= 11 is 0. The summed E-state index contributed by atoms with van der Waals surface area (Å²) in [7, 11) is 0. The van der Waals surface area contributed by atoms with Gasteiger partial charge in [0.15, 0.2) is 0 Å². The first-order chi connectivity index (χ1) is 20.0. The first kappa shape index (κ1) is 26.9. The maximum Gasteiger partial charge on any atom is 0.242 e. The van der Waals surface area contributed by atoms with Crippen LogP contribution in [-0.4, -0.2) is 63.9 Å². The van der Waals surface area contributed by atoms with Gasteiger partial charge in [0.2, 0.25) is 5.91 Å². The van der Waals surface area contributed by atoms with Gasteiger partial charge in [-0.15, -0.1) is 0 Å². The monoisotopic (exact) mass is 544 g/mol. The summed E-state index contributed by atoms with van der Waals surface area (Å²) in [4.78, 5) is 28.1. The summed E-state index contributed by atoms with van der Waals surface area (Å²) < 4.78 is 0. The fourth-order valence-corrected chi connectivity index (χ4v) is 5.62. The van der Waals surface area contributed by atoms with Crippen LogP contribution < -0.4 is 10.6 Å². The van der Waals surface area contributed by atoms with E-state index in [2.05, 4.69) is 70.4 Å². The van der Waals surface area contributed by atoms with E-state index in [1.807, 2.05) is 54.6 Å². The molecule has 0 aliphatic carbocycles. The number of hydrogen-bond acceptors (Lipinski definition) is 6. The quantitative estimate of drug-likeness (QED) is 0.375. The molecule has 2 aliphatic heterocycles. The molecule has 1 amide bonds. The molecule has 7 nitrogen and oxygen atoms in total. The zero-order valence-electron chi connectivity index (χ0n) is 23.7. The molecule has 1 fully saturated rings. The Morgan fingerprint density at radius 3 is 2.41 bits per heavy atom. The van der Waals surface area contributed by atoms with Crippen LogP contribution in [0.2, 0.25) is 0 Å². The maximum absolute atomic E-state index is 13.4. The van der Waals surface area contributed by atoms with Crippen LogP contribution in [0.1, 0.15) is 36.4 Å². The Morgan fingerprint density at radius 2 is 1.63 bits per heavy atom. The van der Waals surface area contributed by atoms with E-state index in [-0.39, 0.29) is 23.9 Å². The molecule has 1 aromatic heterocycles. The largest absolute Gasteiger partial charge is 0.358 e. The third-order valence-corrected chi connectivity index (χ3v) is 7.92. The van der Waals surface area contributed by atoms with Crippen LogP contribution in [0, 0.1) is 17.8 Å². The molecular weight excluding hydrogens is 508 g/mol. The molecule has 1 unspecified atom stereocenters. The zero-order valence-corrected chi connectivity index (χ0v) is 23.7. The first-order valence-corrected chi connectivity index (χ1v) is 14.4. The molecule has 0 saturated carbocycles. The number of piperazine rings is 1. The van der Waals surface area contributed by atoms with E-state index >= 15 is 0 Å². The number of fused-ring (bicyclic) bond motifs is 5. The van der Waals surface area contributed by atoms with Crippen molar-refractivity contribution in [2.45, 2.75) is 39.0 Å². The Morgan fingerprint density at radius 1 is 0.902 bits per heavy atom. The highest BCUT2D eigenvalue weighted by atomic mass is 16.2. The summed E-state index contributed by atoms with van der Waals surface area (Å²) in [5.74, 6) is 8.12. The van der Waals surface area contributed by atoms with Crippen molar-refractivity contribution in [2.24, 2.45) is 5.92 Å². The third kappa shape index (κ3) is 6.40. The van der Waals surface area contributed by atoms with Gasteiger partial charge in [-0.2, -0.15) is 0 Å². The average molecular weight is 545 g/mol. The van der Waals surface area contributed by atoms with E-state index in [4.69, 9.17) is 9.97 Å². The molecule has 7 heteroatoms. The standard InChI is InChI=1S/C34H36N6O/c1-24(2)32-34(41)35-20-28-22-39(21-27-16-14-26(15-17-27)13-12-25-8-4-3-5-9-25)18-19-40(28)23-31-36-30-11-7-6-10-29(30)33(37-31)38-32/h3-11,14-17,24,28,32H,18-23H2,1-2H3,(H,35,41)(H,36,37,38)/t28?,32-/m0/s1. The summed E-state index contributed by atoms with van der Waals surface area (Å²) in [6, 6.07) is 26.4. The van der Waals surface area contributed by atoms with Crippen molar-refractivity contribution < 1.29 is 4.79 Å². The Balaban J connectivity index is 1.18. The molecular formula is C34H36N6O. The summed E-state index contributed by atoms with van der Waals surface area (Å²) in [6.07, 6.45) is 0. The number of para-hydroxylation sites is 1. The van der Waals surface area contributed by atoms with Crippen LogP contribution in [-0.2, 0) is 17.9 Å². The van der Waals surface area contributed by atoms with Gasteiger partial charge in [-0.05, 0) is 47.9 Å². The SMILES string of the molecule is CC(C)[C@@H]1Nc2nc(nc3ccccc23)CN2CCN(Cc3ccc(C#Cc4ccccc4)cc3)CC2CNC1=O. The van der Waals surface area contributed by atoms with Crippen molar-refractivity contribution in [3.05, 3.63) is 101 Å². The van der Waals surface area contributed by atoms with Gasteiger partial charge in [0.25, 0.3) is 0 Å². The fraction of sp³-hybridized carbons (Fsp3) is 0.324. The number of nitrogens with zero attached hydrogens (tertiary/aromatic N) is 4. The van der Waals surface area contributed by atoms with Crippen molar-refractivity contribution >= 4 is 22.6 Å². The first-order valence-electron chi connectivity index (χ1n) is 14.4. The number of rotatable bonds is 3. The molecule has 208 valence electrons. The lowest BCUT2D eigenvalue weighted by atomic mass is 10.0. The summed E-state index contributed by atoms with van der Waals surface area (Å²) in [5, 5.41) is 7.64. The fourth-order valence-electron chi connectivity index (χ4n) is 5.62. The van der Waals surface area contributed by atoms with E-state index < -0.39 is 0 Å². The molecule has 2 atom stereocenters. The molecule has 2 N–H and O–H groups in total. The molecule has 41 heavy (non-hydrogen) atoms. The molecule has 6 rings (SSSR count). The Bertz CT molecular complexity index is 1570. The van der Waals surface area contributed by atoms with E-state index in [0.717, 1.165) is 59.9 Å². The minimum Gasteiger partial charge on any atom is -0.358 e. The van der Waals surface area contributed by atoms with E-state index in [9.17, 15) is 4.79 Å². The molecule has 4 aromatic rings. The van der Waals surface area contributed by atoms with Crippen LogP contribution in [0.15, 0.2) is 78.9 Å². The van der Waals surface area contributed by atoms with Crippen LogP contribution in [0.5, 0.6) is 0 Å². The molecule has 2 aliphatic rings. The second kappa shape index (κ2) is 12.1. The second-order valence-corrected chi connectivity index (χ2v) is 11.3. The predicted octanol–water partition coefficient (Wildman–Crippen LogP) is 4.28. The lowest BCUT2D eigenvalue weighted by Gasteiger charge is -2.41. The van der Waals surface area contributed by atoms with Crippen molar-refractivity contribution in [1.82, 2.24) is 25.1 Å².